The Morgan fingerprint density at radius 1 is 1.24 bits per heavy atom. The van der Waals surface area contributed by atoms with Gasteiger partial charge in [0.2, 0.25) is 0 Å². The number of nitrogens with zero attached hydrogens (tertiary/aromatic N) is 2. The molecule has 1 aliphatic heterocycles. The number of fused-ring (bicyclic) bond motifs is 2. The van der Waals surface area contributed by atoms with E-state index >= 15 is 0 Å². The van der Waals surface area contributed by atoms with Gasteiger partial charge in [0.15, 0.2) is 5.82 Å². The normalized spacial score (nSPS) is 14.0. The minimum absolute atomic E-state index is 0.269. The number of anilines is 1. The third kappa shape index (κ3) is 1.90. The average Bonchev–Trinajstić information content (AvgIpc) is 2.86. The molecule has 21 heavy (non-hydrogen) atoms. The smallest absolute Gasteiger partial charge is 0.151 e. The number of hydrogen-bond acceptors (Lipinski definition) is 2. The maximum Gasteiger partial charge on any atom is 0.151 e. The number of aryl methyl sites for hydroxylation is 2. The van der Waals surface area contributed by atoms with Crippen molar-refractivity contribution in [3.63, 3.8) is 0 Å². The summed E-state index contributed by atoms with van der Waals surface area (Å²) in [6.07, 6.45) is 2.22. The SMILES string of the molecule is Cn1c(-c2ccc3c(c2)CCCN3)nc2c(F)cccc21. The monoisotopic (exact) mass is 281 g/mol. The van der Waals surface area contributed by atoms with Gasteiger partial charge in [0.1, 0.15) is 11.3 Å². The van der Waals surface area contributed by atoms with Gasteiger partial charge in [-0.15, -0.1) is 0 Å². The lowest BCUT2D eigenvalue weighted by Gasteiger charge is -2.18. The van der Waals surface area contributed by atoms with Crippen molar-refractivity contribution in [2.75, 3.05) is 11.9 Å². The lowest BCUT2D eigenvalue weighted by Crippen LogP contribution is -2.11. The quantitative estimate of drug-likeness (QED) is 0.736. The van der Waals surface area contributed by atoms with Gasteiger partial charge in [0.25, 0.3) is 0 Å². The van der Waals surface area contributed by atoms with Crippen LogP contribution in [0.1, 0.15) is 12.0 Å². The summed E-state index contributed by atoms with van der Waals surface area (Å²) >= 11 is 0. The van der Waals surface area contributed by atoms with Gasteiger partial charge in [-0.1, -0.05) is 6.07 Å². The van der Waals surface area contributed by atoms with E-state index in [9.17, 15) is 4.39 Å². The molecule has 0 fully saturated rings. The van der Waals surface area contributed by atoms with Crippen LogP contribution < -0.4 is 5.32 Å². The standard InChI is InChI=1S/C17H16FN3/c1-21-15-6-2-5-13(18)16(15)20-17(21)12-7-8-14-11(10-12)4-3-9-19-14/h2,5-8,10,19H,3-4,9H2,1H3. The average molecular weight is 281 g/mol. The molecule has 4 rings (SSSR count). The summed E-state index contributed by atoms with van der Waals surface area (Å²) in [7, 11) is 1.93. The molecule has 0 aliphatic carbocycles. The molecular formula is C17H16FN3. The van der Waals surface area contributed by atoms with Crippen molar-refractivity contribution in [2.45, 2.75) is 12.8 Å². The molecule has 2 aromatic carbocycles. The Balaban J connectivity index is 1.90. The third-order valence-corrected chi connectivity index (χ3v) is 4.16. The number of para-hydroxylation sites is 1. The summed E-state index contributed by atoms with van der Waals surface area (Å²) in [6, 6.07) is 11.4. The maximum absolute atomic E-state index is 13.9. The Morgan fingerprint density at radius 3 is 3.00 bits per heavy atom. The molecule has 3 nitrogen and oxygen atoms in total. The fourth-order valence-electron chi connectivity index (χ4n) is 3.05. The number of rotatable bonds is 1. The van der Waals surface area contributed by atoms with Gasteiger partial charge in [-0.3, -0.25) is 0 Å². The second-order valence-corrected chi connectivity index (χ2v) is 5.50. The van der Waals surface area contributed by atoms with Gasteiger partial charge in [-0.2, -0.15) is 0 Å². The number of nitrogens with one attached hydrogen (secondary N) is 1. The van der Waals surface area contributed by atoms with E-state index in [1.165, 1.54) is 17.3 Å². The lowest BCUT2D eigenvalue weighted by molar-refractivity contribution is 0.637. The molecule has 0 atom stereocenters. The summed E-state index contributed by atoms with van der Waals surface area (Å²) in [4.78, 5) is 4.50. The number of benzene rings is 2. The van der Waals surface area contributed by atoms with E-state index in [-0.39, 0.29) is 5.82 Å². The second-order valence-electron chi connectivity index (χ2n) is 5.50. The van der Waals surface area contributed by atoms with Gasteiger partial charge in [-0.05, 0) is 48.7 Å². The van der Waals surface area contributed by atoms with Gasteiger partial charge in [0, 0.05) is 24.8 Å². The van der Waals surface area contributed by atoms with Crippen molar-refractivity contribution in [3.05, 3.63) is 47.8 Å². The Hall–Kier alpha value is -2.36. The summed E-state index contributed by atoms with van der Waals surface area (Å²) in [5.41, 5.74) is 4.81. The fourth-order valence-corrected chi connectivity index (χ4v) is 3.05. The van der Waals surface area contributed by atoms with Crippen molar-refractivity contribution in [3.8, 4) is 11.4 Å². The van der Waals surface area contributed by atoms with Crippen LogP contribution in [-0.2, 0) is 13.5 Å². The highest BCUT2D eigenvalue weighted by Crippen LogP contribution is 2.30. The van der Waals surface area contributed by atoms with Crippen LogP contribution in [0.25, 0.3) is 22.4 Å². The molecule has 0 spiro atoms. The fraction of sp³-hybridized carbons (Fsp3) is 0.235. The molecule has 0 radical (unpaired) electrons. The van der Waals surface area contributed by atoms with Crippen LogP contribution in [0.2, 0.25) is 0 Å². The number of aromatic nitrogens is 2. The van der Waals surface area contributed by atoms with Crippen LogP contribution in [-0.4, -0.2) is 16.1 Å². The Kier molecular flexibility index (Phi) is 2.70. The Morgan fingerprint density at radius 2 is 2.14 bits per heavy atom. The van der Waals surface area contributed by atoms with E-state index in [1.54, 1.807) is 6.07 Å². The van der Waals surface area contributed by atoms with Crippen molar-refractivity contribution in [2.24, 2.45) is 7.05 Å². The van der Waals surface area contributed by atoms with Gasteiger partial charge < -0.3 is 9.88 Å². The van der Waals surface area contributed by atoms with E-state index in [4.69, 9.17) is 0 Å². The molecule has 3 aromatic rings. The molecule has 1 aliphatic rings. The molecule has 4 heteroatoms. The summed E-state index contributed by atoms with van der Waals surface area (Å²) < 4.78 is 15.8. The minimum Gasteiger partial charge on any atom is -0.385 e. The zero-order valence-electron chi connectivity index (χ0n) is 11.9. The van der Waals surface area contributed by atoms with E-state index < -0.39 is 0 Å². The number of halogens is 1. The molecule has 1 aromatic heterocycles. The van der Waals surface area contributed by atoms with Crippen LogP contribution in [0.5, 0.6) is 0 Å². The molecule has 0 saturated heterocycles. The van der Waals surface area contributed by atoms with Crippen molar-refractivity contribution in [1.29, 1.82) is 0 Å². The lowest BCUT2D eigenvalue weighted by atomic mass is 10.0. The zero-order valence-corrected chi connectivity index (χ0v) is 11.9. The van der Waals surface area contributed by atoms with Crippen molar-refractivity contribution < 1.29 is 4.39 Å². The van der Waals surface area contributed by atoms with Gasteiger partial charge in [0.05, 0.1) is 5.52 Å². The first kappa shape index (κ1) is 12.4. The van der Waals surface area contributed by atoms with Crippen molar-refractivity contribution >= 4 is 16.7 Å². The Labute approximate surface area is 122 Å². The van der Waals surface area contributed by atoms with E-state index in [2.05, 4.69) is 28.5 Å². The van der Waals surface area contributed by atoms with Crippen molar-refractivity contribution in [1.82, 2.24) is 9.55 Å². The van der Waals surface area contributed by atoms with Crippen LogP contribution in [0.3, 0.4) is 0 Å². The second kappa shape index (κ2) is 4.58. The van der Waals surface area contributed by atoms with E-state index in [0.29, 0.717) is 5.52 Å². The summed E-state index contributed by atoms with van der Waals surface area (Å²) in [6.45, 7) is 1.03. The van der Waals surface area contributed by atoms with Gasteiger partial charge >= 0.3 is 0 Å². The van der Waals surface area contributed by atoms with E-state index in [0.717, 1.165) is 36.3 Å². The highest BCUT2D eigenvalue weighted by atomic mass is 19.1. The first-order chi connectivity index (χ1) is 10.2. The van der Waals surface area contributed by atoms with Gasteiger partial charge in [-0.25, -0.2) is 9.37 Å². The first-order valence-electron chi connectivity index (χ1n) is 7.22. The molecule has 2 heterocycles. The highest BCUT2D eigenvalue weighted by molar-refractivity contribution is 5.81. The summed E-state index contributed by atoms with van der Waals surface area (Å²) in [5, 5.41) is 3.40. The molecule has 0 amide bonds. The third-order valence-electron chi connectivity index (χ3n) is 4.16. The number of imidazole rings is 1. The molecule has 1 N–H and O–H groups in total. The molecule has 106 valence electrons. The topological polar surface area (TPSA) is 29.9 Å². The summed E-state index contributed by atoms with van der Waals surface area (Å²) in [5.74, 6) is 0.539. The minimum atomic E-state index is -0.269. The maximum atomic E-state index is 13.9. The molecule has 0 bridgehead atoms. The first-order valence-corrected chi connectivity index (χ1v) is 7.22. The highest BCUT2D eigenvalue weighted by Gasteiger charge is 2.15. The van der Waals surface area contributed by atoms with Crippen LogP contribution in [0, 0.1) is 5.82 Å². The van der Waals surface area contributed by atoms with Crippen LogP contribution in [0.15, 0.2) is 36.4 Å². The molecule has 0 saturated carbocycles. The van der Waals surface area contributed by atoms with Crippen LogP contribution >= 0.6 is 0 Å². The van der Waals surface area contributed by atoms with Crippen LogP contribution in [0.4, 0.5) is 10.1 Å². The predicted octanol–water partition coefficient (Wildman–Crippen LogP) is 3.74. The Bertz CT molecular complexity index is 835. The zero-order chi connectivity index (χ0) is 14.4. The number of hydrogen-bond donors (Lipinski definition) is 1. The largest absolute Gasteiger partial charge is 0.385 e. The van der Waals surface area contributed by atoms with E-state index in [1.807, 2.05) is 17.7 Å². The predicted molar refractivity (Wildman–Crippen MR) is 82.9 cm³/mol. The molecular weight excluding hydrogens is 265 g/mol. The molecule has 0 unspecified atom stereocenters.